The van der Waals surface area contributed by atoms with Gasteiger partial charge >= 0.3 is 0 Å². The van der Waals surface area contributed by atoms with Crippen molar-refractivity contribution in [3.8, 4) is 55.6 Å². The molecule has 0 aliphatic carbocycles. The van der Waals surface area contributed by atoms with Gasteiger partial charge in [0.15, 0.2) is 0 Å². The number of carbonyl (C=O) groups is 4. The molecule has 7 nitrogen and oxygen atoms in total. The molecular formula is C53H35N3O4. The van der Waals surface area contributed by atoms with Crippen LogP contribution in [0.5, 0.6) is 0 Å². The van der Waals surface area contributed by atoms with E-state index < -0.39 is 23.6 Å². The first-order valence-corrected chi connectivity index (χ1v) is 19.6. The maximum atomic E-state index is 15.0. The summed E-state index contributed by atoms with van der Waals surface area (Å²) in [7, 11) is 0. The zero-order valence-corrected chi connectivity index (χ0v) is 32.4. The standard InChI is InChI=1S/C53H35N3O4/c1-32-17-19-33(20-18-32)38-24-28-42-45(30-38)53(60)56(51(42)58)49-43(35-11-5-2-6-12-35)31-46(47(36-13-7-3-8-14-36)48(49)37-15-9-4-10-16-37)55-50(57)41-27-23-39(29-44(41)52(55)59)34-21-25-40(54)26-22-34/h2-31H,54H2,1H3. The van der Waals surface area contributed by atoms with Crippen LogP contribution in [0.3, 0.4) is 0 Å². The Bertz CT molecular complexity index is 3050. The first kappa shape index (κ1) is 36.2. The molecule has 0 bridgehead atoms. The second-order valence-corrected chi connectivity index (χ2v) is 15.0. The van der Waals surface area contributed by atoms with Gasteiger partial charge in [-0.2, -0.15) is 0 Å². The molecule has 2 aliphatic heterocycles. The number of fused-ring (bicyclic) bond motifs is 2. The molecule has 0 spiro atoms. The molecule has 0 radical (unpaired) electrons. The molecule has 286 valence electrons. The number of nitrogens with two attached hydrogens (primary N) is 1. The minimum atomic E-state index is -0.486. The zero-order valence-electron chi connectivity index (χ0n) is 32.4. The number of nitrogen functional groups attached to an aromatic ring is 1. The van der Waals surface area contributed by atoms with Gasteiger partial charge in [0.25, 0.3) is 23.6 Å². The monoisotopic (exact) mass is 777 g/mol. The summed E-state index contributed by atoms with van der Waals surface area (Å²) >= 11 is 0. The number of rotatable bonds is 7. The van der Waals surface area contributed by atoms with Gasteiger partial charge in [-0.1, -0.05) is 145 Å². The number of hydrogen-bond acceptors (Lipinski definition) is 5. The van der Waals surface area contributed by atoms with Crippen LogP contribution in [0.4, 0.5) is 17.1 Å². The molecule has 0 saturated heterocycles. The molecule has 0 fully saturated rings. The lowest BCUT2D eigenvalue weighted by Gasteiger charge is -2.29. The molecule has 7 heteroatoms. The summed E-state index contributed by atoms with van der Waals surface area (Å²) in [5.41, 5.74) is 16.4. The van der Waals surface area contributed by atoms with E-state index in [4.69, 9.17) is 5.73 Å². The molecule has 0 unspecified atom stereocenters. The molecule has 4 amide bonds. The van der Waals surface area contributed by atoms with Crippen molar-refractivity contribution < 1.29 is 19.2 Å². The number of imide groups is 2. The lowest BCUT2D eigenvalue weighted by Crippen LogP contribution is -2.32. The van der Waals surface area contributed by atoms with Gasteiger partial charge in [0, 0.05) is 22.4 Å². The Morgan fingerprint density at radius 1 is 0.350 bits per heavy atom. The van der Waals surface area contributed by atoms with E-state index in [0.717, 1.165) is 27.8 Å². The van der Waals surface area contributed by atoms with E-state index in [1.54, 1.807) is 42.5 Å². The molecule has 2 aliphatic rings. The van der Waals surface area contributed by atoms with Crippen LogP contribution in [-0.2, 0) is 0 Å². The van der Waals surface area contributed by atoms with Crippen molar-refractivity contribution >= 4 is 40.7 Å². The van der Waals surface area contributed by atoms with Crippen molar-refractivity contribution in [2.24, 2.45) is 0 Å². The Labute approximate surface area is 346 Å². The maximum absolute atomic E-state index is 15.0. The molecule has 8 aromatic carbocycles. The van der Waals surface area contributed by atoms with Gasteiger partial charge < -0.3 is 5.73 Å². The van der Waals surface area contributed by atoms with Crippen LogP contribution in [0, 0.1) is 6.92 Å². The molecule has 2 heterocycles. The fourth-order valence-corrected chi connectivity index (χ4v) is 8.37. The van der Waals surface area contributed by atoms with Crippen molar-refractivity contribution in [3.05, 3.63) is 210 Å². The fourth-order valence-electron chi connectivity index (χ4n) is 8.37. The molecule has 0 atom stereocenters. The second-order valence-electron chi connectivity index (χ2n) is 15.0. The fraction of sp³-hybridized carbons (Fsp3) is 0.0189. The largest absolute Gasteiger partial charge is 0.399 e. The maximum Gasteiger partial charge on any atom is 0.266 e. The SMILES string of the molecule is Cc1ccc(-c2ccc3c(c2)C(=O)N(c2c(-c4ccccc4)cc(N4C(=O)c5ccc(-c6ccc(N)cc6)cc5C4=O)c(-c4ccccc4)c2-c2ccccc2)C3=O)cc1. The third-order valence-corrected chi connectivity index (χ3v) is 11.4. The highest BCUT2D eigenvalue weighted by atomic mass is 16.2. The molecule has 10 rings (SSSR count). The van der Waals surface area contributed by atoms with Gasteiger partial charge in [0.2, 0.25) is 0 Å². The van der Waals surface area contributed by atoms with Crippen LogP contribution in [0.25, 0.3) is 55.6 Å². The highest BCUT2D eigenvalue weighted by Gasteiger charge is 2.43. The van der Waals surface area contributed by atoms with Gasteiger partial charge in [-0.25, -0.2) is 9.80 Å². The van der Waals surface area contributed by atoms with E-state index in [1.807, 2.05) is 146 Å². The predicted molar refractivity (Wildman–Crippen MR) is 238 cm³/mol. The summed E-state index contributed by atoms with van der Waals surface area (Å²) in [6.45, 7) is 2.02. The van der Waals surface area contributed by atoms with Crippen molar-refractivity contribution in [3.63, 3.8) is 0 Å². The summed E-state index contributed by atoms with van der Waals surface area (Å²) in [4.78, 5) is 61.9. The Morgan fingerprint density at radius 3 is 1.30 bits per heavy atom. The first-order valence-electron chi connectivity index (χ1n) is 19.6. The van der Waals surface area contributed by atoms with E-state index >= 15 is 4.79 Å². The Balaban J connectivity index is 1.24. The number of benzene rings is 8. The zero-order chi connectivity index (χ0) is 41.1. The minimum Gasteiger partial charge on any atom is -0.399 e. The highest BCUT2D eigenvalue weighted by molar-refractivity contribution is 6.39. The van der Waals surface area contributed by atoms with Crippen LogP contribution < -0.4 is 15.5 Å². The molecule has 8 aromatic rings. The molecule has 2 N–H and O–H groups in total. The molecular weight excluding hydrogens is 743 g/mol. The van der Waals surface area contributed by atoms with Gasteiger partial charge in [-0.05, 0) is 88.3 Å². The highest BCUT2D eigenvalue weighted by Crippen LogP contribution is 2.53. The minimum absolute atomic E-state index is 0.268. The third-order valence-electron chi connectivity index (χ3n) is 11.4. The smallest absolute Gasteiger partial charge is 0.266 e. The number of carbonyl (C=O) groups excluding carboxylic acids is 4. The number of aryl methyl sites for hydroxylation is 1. The van der Waals surface area contributed by atoms with Gasteiger partial charge in [-0.15, -0.1) is 0 Å². The second kappa shape index (κ2) is 14.3. The van der Waals surface area contributed by atoms with Crippen molar-refractivity contribution in [2.45, 2.75) is 6.92 Å². The summed E-state index contributed by atoms with van der Waals surface area (Å²) < 4.78 is 0. The molecule has 60 heavy (non-hydrogen) atoms. The molecule has 0 saturated carbocycles. The topological polar surface area (TPSA) is 101 Å². The lowest BCUT2D eigenvalue weighted by atomic mass is 9.86. The third kappa shape index (κ3) is 5.91. The number of hydrogen-bond donors (Lipinski definition) is 1. The first-order chi connectivity index (χ1) is 29.3. The average Bonchev–Trinajstić information content (AvgIpc) is 3.69. The average molecular weight is 778 g/mol. The van der Waals surface area contributed by atoms with Crippen molar-refractivity contribution in [1.82, 2.24) is 0 Å². The number of amides is 4. The summed E-state index contributed by atoms with van der Waals surface area (Å²) in [6, 6.07) is 56.2. The van der Waals surface area contributed by atoms with Crippen LogP contribution in [0.1, 0.15) is 47.0 Å². The van der Waals surface area contributed by atoms with Crippen LogP contribution >= 0.6 is 0 Å². The quantitative estimate of drug-likeness (QED) is 0.128. The van der Waals surface area contributed by atoms with E-state index in [2.05, 4.69) is 0 Å². The number of nitrogens with zero attached hydrogens (tertiary/aromatic N) is 2. The lowest BCUT2D eigenvalue weighted by molar-refractivity contribution is 0.0909. The van der Waals surface area contributed by atoms with Gasteiger partial charge in [0.1, 0.15) is 0 Å². The molecule has 0 aromatic heterocycles. The van der Waals surface area contributed by atoms with Crippen LogP contribution in [0.15, 0.2) is 182 Å². The predicted octanol–water partition coefficient (Wildman–Crippen LogP) is 11.5. The van der Waals surface area contributed by atoms with Crippen LogP contribution in [0.2, 0.25) is 0 Å². The van der Waals surface area contributed by atoms with Gasteiger partial charge in [-0.3, -0.25) is 19.2 Å². The number of anilines is 3. The normalized spacial score (nSPS) is 13.2. The van der Waals surface area contributed by atoms with E-state index in [1.165, 1.54) is 9.80 Å². The Morgan fingerprint density at radius 2 is 0.767 bits per heavy atom. The van der Waals surface area contributed by atoms with Gasteiger partial charge in [0.05, 0.1) is 33.6 Å². The summed E-state index contributed by atoms with van der Waals surface area (Å²) in [6.07, 6.45) is 0. The summed E-state index contributed by atoms with van der Waals surface area (Å²) in [5.74, 6) is -1.91. The Kier molecular flexibility index (Phi) is 8.65. The van der Waals surface area contributed by atoms with E-state index in [-0.39, 0.29) is 16.7 Å². The van der Waals surface area contributed by atoms with Crippen LogP contribution in [-0.4, -0.2) is 23.6 Å². The Hall–Kier alpha value is -8.16. The van der Waals surface area contributed by atoms with E-state index in [9.17, 15) is 14.4 Å². The summed E-state index contributed by atoms with van der Waals surface area (Å²) in [5, 5.41) is 0. The van der Waals surface area contributed by atoms with E-state index in [0.29, 0.717) is 56.0 Å². The van der Waals surface area contributed by atoms with Crippen molar-refractivity contribution in [1.29, 1.82) is 0 Å². The van der Waals surface area contributed by atoms with Crippen molar-refractivity contribution in [2.75, 3.05) is 15.5 Å².